The Bertz CT molecular complexity index is 1270. The summed E-state index contributed by atoms with van der Waals surface area (Å²) in [5.74, 6) is 0.376. The first-order valence-corrected chi connectivity index (χ1v) is 11.2. The second kappa shape index (κ2) is 9.04. The maximum absolute atomic E-state index is 15.4. The largest absolute Gasteiger partial charge is 0.435 e. The Balaban J connectivity index is 1.55. The Hall–Kier alpha value is -3.62. The van der Waals surface area contributed by atoms with Crippen LogP contribution in [0, 0.1) is 17.4 Å². The maximum Gasteiger partial charge on any atom is 0.435 e. The summed E-state index contributed by atoms with van der Waals surface area (Å²) in [7, 11) is 0. The van der Waals surface area contributed by atoms with Gasteiger partial charge in [-0.05, 0) is 23.3 Å². The molecule has 1 atom stereocenters. The zero-order chi connectivity index (χ0) is 27.2. The molecular formula is C25H21F7N4O. The van der Waals surface area contributed by atoms with Gasteiger partial charge < -0.3 is 9.74 Å². The van der Waals surface area contributed by atoms with E-state index in [4.69, 9.17) is 10.1 Å². The topological polar surface area (TPSA) is 61.0 Å². The number of alkyl halides is 7. The molecule has 0 N–H and O–H groups in total. The Morgan fingerprint density at radius 2 is 1.70 bits per heavy atom. The number of amidine groups is 1. The lowest BCUT2D eigenvalue weighted by atomic mass is 9.84. The molecule has 12 heteroatoms. The van der Waals surface area contributed by atoms with Gasteiger partial charge >= 0.3 is 12.4 Å². The molecule has 1 saturated heterocycles. The van der Waals surface area contributed by atoms with Crippen LogP contribution in [0.5, 0.6) is 0 Å². The van der Waals surface area contributed by atoms with E-state index in [0.717, 1.165) is 12.1 Å². The minimum atomic E-state index is -5.07. The van der Waals surface area contributed by atoms with E-state index in [9.17, 15) is 26.3 Å². The summed E-state index contributed by atoms with van der Waals surface area (Å²) in [6.07, 6.45) is -9.05. The van der Waals surface area contributed by atoms with Crippen LogP contribution in [0.3, 0.4) is 0 Å². The average Bonchev–Trinajstić information content (AvgIpc) is 3.27. The smallest absolute Gasteiger partial charge is 0.374 e. The van der Waals surface area contributed by atoms with Crippen molar-refractivity contribution < 1.29 is 35.6 Å². The SMILES string of the molecule is CC(C)/C(=N\C#N)N1CC(F)(c2ccc(C3=NOC(c4cccc(C(F)(F)F)c4)(C(F)(F)F)C3)cc2)C1. The van der Waals surface area contributed by atoms with Crippen LogP contribution in [-0.2, 0) is 22.3 Å². The van der Waals surface area contributed by atoms with Crippen molar-refractivity contribution in [2.45, 2.75) is 43.9 Å². The highest BCUT2D eigenvalue weighted by Gasteiger charge is 2.62. The molecule has 196 valence electrons. The lowest BCUT2D eigenvalue weighted by Gasteiger charge is -2.47. The first-order chi connectivity index (χ1) is 17.2. The van der Waals surface area contributed by atoms with E-state index in [1.807, 2.05) is 13.8 Å². The molecule has 0 aliphatic carbocycles. The molecule has 2 aromatic rings. The summed E-state index contributed by atoms with van der Waals surface area (Å²) in [4.78, 5) is 10.2. The molecule has 0 radical (unpaired) electrons. The van der Waals surface area contributed by atoms with Crippen molar-refractivity contribution in [3.05, 3.63) is 70.8 Å². The molecule has 1 unspecified atom stereocenters. The number of hydrogen-bond donors (Lipinski definition) is 0. The zero-order valence-corrected chi connectivity index (χ0v) is 19.7. The van der Waals surface area contributed by atoms with E-state index >= 15 is 4.39 Å². The summed E-state index contributed by atoms with van der Waals surface area (Å²) in [6, 6.07) is 8.52. The molecule has 2 aliphatic heterocycles. The lowest BCUT2D eigenvalue weighted by Crippen LogP contribution is -2.59. The number of aliphatic imine (C=N–C) groups is 1. The third-order valence-electron chi connectivity index (χ3n) is 6.47. The maximum atomic E-state index is 15.4. The van der Waals surface area contributed by atoms with E-state index < -0.39 is 41.2 Å². The van der Waals surface area contributed by atoms with Crippen molar-refractivity contribution in [2.75, 3.05) is 13.1 Å². The molecule has 2 heterocycles. The monoisotopic (exact) mass is 526 g/mol. The molecule has 0 spiro atoms. The Kier molecular flexibility index (Phi) is 6.46. The zero-order valence-electron chi connectivity index (χ0n) is 19.7. The molecule has 0 aromatic heterocycles. The average molecular weight is 526 g/mol. The van der Waals surface area contributed by atoms with Crippen LogP contribution in [0.4, 0.5) is 30.7 Å². The van der Waals surface area contributed by atoms with Crippen LogP contribution >= 0.6 is 0 Å². The highest BCUT2D eigenvalue weighted by Crippen LogP contribution is 2.49. The van der Waals surface area contributed by atoms with Gasteiger partial charge in [-0.25, -0.2) is 4.39 Å². The van der Waals surface area contributed by atoms with Crippen LogP contribution in [0.1, 0.15) is 42.5 Å². The van der Waals surface area contributed by atoms with Crippen molar-refractivity contribution in [2.24, 2.45) is 16.1 Å². The fraction of sp³-hybridized carbons (Fsp3) is 0.400. The van der Waals surface area contributed by atoms with Gasteiger partial charge in [0, 0.05) is 17.9 Å². The highest BCUT2D eigenvalue weighted by atomic mass is 19.4. The number of nitriles is 1. The van der Waals surface area contributed by atoms with Gasteiger partial charge in [0.15, 0.2) is 5.67 Å². The minimum Gasteiger partial charge on any atom is -0.374 e. The molecule has 0 bridgehead atoms. The lowest BCUT2D eigenvalue weighted by molar-refractivity contribution is -0.276. The van der Waals surface area contributed by atoms with Crippen LogP contribution in [0.15, 0.2) is 58.7 Å². The number of hydrogen-bond acceptors (Lipinski definition) is 4. The molecule has 2 aromatic carbocycles. The van der Waals surface area contributed by atoms with Crippen molar-refractivity contribution in [1.82, 2.24) is 4.90 Å². The van der Waals surface area contributed by atoms with E-state index in [-0.39, 0.29) is 35.8 Å². The summed E-state index contributed by atoms with van der Waals surface area (Å²) in [5, 5.41) is 12.4. The fourth-order valence-corrected chi connectivity index (χ4v) is 4.49. The molecular weight excluding hydrogens is 505 g/mol. The Morgan fingerprint density at radius 1 is 1.05 bits per heavy atom. The van der Waals surface area contributed by atoms with E-state index in [2.05, 4.69) is 10.1 Å². The van der Waals surface area contributed by atoms with E-state index in [1.165, 1.54) is 24.3 Å². The molecule has 0 saturated carbocycles. The number of halogens is 7. The summed E-state index contributed by atoms with van der Waals surface area (Å²) >= 11 is 0. The predicted molar refractivity (Wildman–Crippen MR) is 120 cm³/mol. The third kappa shape index (κ3) is 4.74. The van der Waals surface area contributed by atoms with Gasteiger partial charge in [0.1, 0.15) is 5.84 Å². The van der Waals surface area contributed by atoms with Crippen LogP contribution in [0.25, 0.3) is 0 Å². The molecule has 0 amide bonds. The standard InChI is InChI=1S/C25H21F7N4O/c1-15(2)21(34-14-33)36-12-22(26,13-36)17-8-6-16(7-9-17)20-11-23(37-35-20,25(30,31)32)18-4-3-5-19(10-18)24(27,28)29/h3-10,15H,11-13H2,1-2H3/b34-21+. The van der Waals surface area contributed by atoms with E-state index in [0.29, 0.717) is 18.0 Å². The second-order valence-corrected chi connectivity index (χ2v) is 9.33. The van der Waals surface area contributed by atoms with Crippen LogP contribution < -0.4 is 0 Å². The van der Waals surface area contributed by atoms with Crippen molar-refractivity contribution in [3.8, 4) is 6.19 Å². The number of benzene rings is 2. The van der Waals surface area contributed by atoms with Gasteiger partial charge in [-0.15, -0.1) is 0 Å². The van der Waals surface area contributed by atoms with Crippen LogP contribution in [0.2, 0.25) is 0 Å². The number of likely N-dealkylation sites (tertiary alicyclic amines) is 1. The normalized spacial score (nSPS) is 21.8. The minimum absolute atomic E-state index is 0.0399. The number of oxime groups is 1. The fourth-order valence-electron chi connectivity index (χ4n) is 4.49. The second-order valence-electron chi connectivity index (χ2n) is 9.33. The van der Waals surface area contributed by atoms with Gasteiger partial charge in [0.05, 0.1) is 24.4 Å². The first-order valence-electron chi connectivity index (χ1n) is 11.2. The summed E-state index contributed by atoms with van der Waals surface area (Å²) in [5.41, 5.74) is -6.42. The van der Waals surface area contributed by atoms with Crippen molar-refractivity contribution in [1.29, 1.82) is 5.26 Å². The number of rotatable bonds is 4. The molecule has 5 nitrogen and oxygen atoms in total. The molecule has 37 heavy (non-hydrogen) atoms. The van der Waals surface area contributed by atoms with Gasteiger partial charge in [0.2, 0.25) is 6.19 Å². The van der Waals surface area contributed by atoms with Gasteiger partial charge in [-0.2, -0.15) is 36.6 Å². The Labute approximate surface area is 207 Å². The van der Waals surface area contributed by atoms with Crippen LogP contribution in [-0.4, -0.2) is 35.7 Å². The van der Waals surface area contributed by atoms with E-state index in [1.54, 1.807) is 11.1 Å². The third-order valence-corrected chi connectivity index (χ3v) is 6.47. The van der Waals surface area contributed by atoms with Crippen molar-refractivity contribution in [3.63, 3.8) is 0 Å². The molecule has 1 fully saturated rings. The van der Waals surface area contributed by atoms with Crippen molar-refractivity contribution >= 4 is 11.5 Å². The first kappa shape index (κ1) is 26.4. The Morgan fingerprint density at radius 3 is 2.24 bits per heavy atom. The molecule has 4 rings (SSSR count). The van der Waals surface area contributed by atoms with Gasteiger partial charge in [-0.1, -0.05) is 55.4 Å². The quantitative estimate of drug-likeness (QED) is 0.203. The molecule has 2 aliphatic rings. The van der Waals surface area contributed by atoms with Gasteiger partial charge in [0.25, 0.3) is 5.60 Å². The number of nitrogens with zero attached hydrogens (tertiary/aromatic N) is 4. The highest BCUT2D eigenvalue weighted by molar-refractivity contribution is 6.02. The summed E-state index contributed by atoms with van der Waals surface area (Å²) in [6.45, 7) is 3.57. The summed E-state index contributed by atoms with van der Waals surface area (Å²) < 4.78 is 97.2. The predicted octanol–water partition coefficient (Wildman–Crippen LogP) is 6.30. The van der Waals surface area contributed by atoms with Gasteiger partial charge in [-0.3, -0.25) is 0 Å².